The number of carbonyl (C=O) groups is 2. The van der Waals surface area contributed by atoms with Gasteiger partial charge in [-0.25, -0.2) is 4.79 Å². The maximum Gasteiger partial charge on any atom is 0.525 e. The fourth-order valence-corrected chi connectivity index (χ4v) is 1.72. The Morgan fingerprint density at radius 2 is 2.38 bits per heavy atom. The second-order valence-corrected chi connectivity index (χ2v) is 3.73. The number of hydrogen-bond acceptors (Lipinski definition) is 5. The number of rotatable bonds is 3. The van der Waals surface area contributed by atoms with Gasteiger partial charge in [0.1, 0.15) is 6.42 Å². The van der Waals surface area contributed by atoms with E-state index in [2.05, 4.69) is 15.2 Å². The molecule has 6 heteroatoms. The van der Waals surface area contributed by atoms with Gasteiger partial charge in [-0.05, 0) is 4.57 Å². The predicted octanol–water partition coefficient (Wildman–Crippen LogP) is 0.221. The Bertz CT molecular complexity index is 302. The summed E-state index contributed by atoms with van der Waals surface area (Å²) in [5.41, 5.74) is -0.990. The first-order valence-corrected chi connectivity index (χ1v) is 4.67. The van der Waals surface area contributed by atoms with E-state index in [1.807, 2.05) is 0 Å². The van der Waals surface area contributed by atoms with Crippen LogP contribution in [0.25, 0.3) is 0 Å². The van der Waals surface area contributed by atoms with Crippen LogP contribution in [0.5, 0.6) is 0 Å². The van der Waals surface area contributed by atoms with Crippen LogP contribution in [0.4, 0.5) is 0 Å². The van der Waals surface area contributed by atoms with E-state index in [9.17, 15) is 14.2 Å². The largest absolute Gasteiger partial charge is 0.525 e. The Labute approximate surface area is 75.3 Å². The number of terminal acetylenes is 1. The first kappa shape index (κ1) is 9.85. The smallest absolute Gasteiger partial charge is 0.390 e. The molecular weight excluding hydrogens is 195 g/mol. The van der Waals surface area contributed by atoms with Gasteiger partial charge >= 0.3 is 20.0 Å². The van der Waals surface area contributed by atoms with E-state index in [0.717, 1.165) is 0 Å². The van der Waals surface area contributed by atoms with Gasteiger partial charge in [-0.2, -0.15) is 0 Å². The molecule has 0 radical (unpaired) electrons. The van der Waals surface area contributed by atoms with E-state index in [0.29, 0.717) is 0 Å². The lowest BCUT2D eigenvalue weighted by Crippen LogP contribution is -2.10. The van der Waals surface area contributed by atoms with Crippen LogP contribution in [0.3, 0.4) is 0 Å². The predicted molar refractivity (Wildman–Crippen MR) is 41.9 cm³/mol. The van der Waals surface area contributed by atoms with Gasteiger partial charge < -0.3 is 4.74 Å². The molecule has 0 amide bonds. The van der Waals surface area contributed by atoms with Crippen LogP contribution < -0.4 is 0 Å². The van der Waals surface area contributed by atoms with Crippen LogP contribution in [0, 0.1) is 12.3 Å². The zero-order chi connectivity index (χ0) is 9.84. The summed E-state index contributed by atoms with van der Waals surface area (Å²) in [7, 11) is -2.24. The molecule has 13 heavy (non-hydrogen) atoms. The normalized spacial score (nSPS) is 22.4. The number of hydrogen-bond donors (Lipinski definition) is 0. The van der Waals surface area contributed by atoms with Crippen molar-refractivity contribution in [3.63, 3.8) is 0 Å². The molecule has 0 N–H and O–H groups in total. The van der Waals surface area contributed by atoms with E-state index in [-0.39, 0.29) is 13.0 Å². The van der Waals surface area contributed by atoms with Crippen LogP contribution in [0.2, 0.25) is 0 Å². The third-order valence-electron chi connectivity index (χ3n) is 1.38. The molecule has 1 saturated heterocycles. The van der Waals surface area contributed by atoms with E-state index in [4.69, 9.17) is 6.42 Å². The number of esters is 2. The highest BCUT2D eigenvalue weighted by Crippen LogP contribution is 2.35. The molecule has 2 unspecified atom stereocenters. The average Bonchev–Trinajstić information content (AvgIpc) is 2.41. The van der Waals surface area contributed by atoms with Crippen molar-refractivity contribution in [2.45, 2.75) is 12.1 Å². The second kappa shape index (κ2) is 4.13. The third kappa shape index (κ3) is 2.35. The Hall–Kier alpha value is -1.24. The lowest BCUT2D eigenvalue weighted by Gasteiger charge is -1.87. The molecule has 0 aromatic rings. The van der Waals surface area contributed by atoms with Crippen molar-refractivity contribution in [2.75, 3.05) is 6.61 Å². The number of carbonyl (C=O) groups excluding carboxylic acids is 2. The topological polar surface area (TPSA) is 69.7 Å². The maximum absolute atomic E-state index is 11.1. The lowest BCUT2D eigenvalue weighted by molar-refractivity contribution is -0.151. The fourth-order valence-electron chi connectivity index (χ4n) is 0.815. The minimum Gasteiger partial charge on any atom is -0.390 e. The molecule has 0 bridgehead atoms. The van der Waals surface area contributed by atoms with Crippen molar-refractivity contribution >= 4 is 20.0 Å². The molecule has 68 valence electrons. The van der Waals surface area contributed by atoms with Crippen LogP contribution in [0.15, 0.2) is 0 Å². The summed E-state index contributed by atoms with van der Waals surface area (Å²) in [6.07, 6.45) is 4.65. The Balaban J connectivity index is 2.53. The van der Waals surface area contributed by atoms with E-state index in [1.54, 1.807) is 0 Å². The Morgan fingerprint density at radius 3 is 2.85 bits per heavy atom. The molecule has 0 aromatic carbocycles. The fraction of sp³-hybridized carbons (Fsp3) is 0.429. The molecule has 0 spiro atoms. The quantitative estimate of drug-likeness (QED) is 0.282. The van der Waals surface area contributed by atoms with Crippen LogP contribution >= 0.6 is 8.03 Å². The molecule has 1 fully saturated rings. The van der Waals surface area contributed by atoms with Gasteiger partial charge in [-0.1, -0.05) is 5.92 Å². The average molecular weight is 201 g/mol. The second-order valence-electron chi connectivity index (χ2n) is 2.28. The summed E-state index contributed by atoms with van der Waals surface area (Å²) in [6, 6.07) is 0. The van der Waals surface area contributed by atoms with Crippen molar-refractivity contribution < 1.29 is 23.4 Å². The maximum atomic E-state index is 11.1. The van der Waals surface area contributed by atoms with Crippen LogP contribution in [0.1, 0.15) is 6.42 Å². The van der Waals surface area contributed by atoms with E-state index >= 15 is 0 Å². The summed E-state index contributed by atoms with van der Waals surface area (Å²) in [5, 5.41) is 0. The first-order valence-electron chi connectivity index (χ1n) is 3.42. The number of ether oxygens (including phenoxy) is 1. The highest BCUT2D eigenvalue weighted by Gasteiger charge is 2.49. The molecule has 0 aliphatic carbocycles. The highest BCUT2D eigenvalue weighted by molar-refractivity contribution is 7.41. The molecule has 1 heterocycles. The van der Waals surface area contributed by atoms with Gasteiger partial charge in [0, 0.05) is 0 Å². The summed E-state index contributed by atoms with van der Waals surface area (Å²) < 4.78 is 19.9. The minimum atomic E-state index is -2.24. The minimum absolute atomic E-state index is 0.146. The van der Waals surface area contributed by atoms with Crippen LogP contribution in [-0.4, -0.2) is 24.2 Å². The van der Waals surface area contributed by atoms with Crippen LogP contribution in [-0.2, 0) is 23.4 Å². The molecule has 0 aromatic heterocycles. The summed E-state index contributed by atoms with van der Waals surface area (Å²) in [4.78, 5) is 21.4. The van der Waals surface area contributed by atoms with Crippen molar-refractivity contribution in [1.82, 2.24) is 0 Å². The molecular formula is C7H6O5P+. The zero-order valence-electron chi connectivity index (χ0n) is 6.56. The van der Waals surface area contributed by atoms with Gasteiger partial charge in [0.15, 0.2) is 6.61 Å². The van der Waals surface area contributed by atoms with Crippen molar-refractivity contribution in [3.05, 3.63) is 0 Å². The lowest BCUT2D eigenvalue weighted by atomic mass is 10.4. The third-order valence-corrected chi connectivity index (χ3v) is 2.66. The summed E-state index contributed by atoms with van der Waals surface area (Å²) >= 11 is 0. The van der Waals surface area contributed by atoms with Gasteiger partial charge in [-0.15, -0.1) is 10.9 Å². The first-order chi connectivity index (χ1) is 6.15. The highest BCUT2D eigenvalue weighted by atomic mass is 31.1. The molecule has 2 atom stereocenters. The summed E-state index contributed by atoms with van der Waals surface area (Å²) in [5.74, 6) is 0.624. The van der Waals surface area contributed by atoms with Gasteiger partial charge in [0.25, 0.3) is 5.66 Å². The van der Waals surface area contributed by atoms with Gasteiger partial charge in [0.05, 0.1) is 0 Å². The molecule has 5 nitrogen and oxygen atoms in total. The molecule has 1 rings (SSSR count). The zero-order valence-corrected chi connectivity index (χ0v) is 7.45. The molecule has 1 aliphatic heterocycles. The SMILES string of the molecule is C#CCO[P+](=O)C1CC(=O)OC1=O. The van der Waals surface area contributed by atoms with Crippen molar-refractivity contribution in [3.8, 4) is 12.3 Å². The standard InChI is InChI=1S/C7H6O5P/c1-2-3-11-13(10)5-4-6(8)12-7(5)9/h1,5H,3-4H2/q+1. The van der Waals surface area contributed by atoms with Gasteiger partial charge in [0.2, 0.25) is 0 Å². The Kier molecular flexibility index (Phi) is 3.13. The monoisotopic (exact) mass is 201 g/mol. The molecule has 1 aliphatic rings. The van der Waals surface area contributed by atoms with Crippen molar-refractivity contribution in [1.29, 1.82) is 0 Å². The number of cyclic esters (lactones) is 2. The van der Waals surface area contributed by atoms with Crippen molar-refractivity contribution in [2.24, 2.45) is 0 Å². The van der Waals surface area contributed by atoms with E-state index < -0.39 is 25.6 Å². The van der Waals surface area contributed by atoms with E-state index in [1.165, 1.54) is 0 Å². The Morgan fingerprint density at radius 1 is 1.69 bits per heavy atom. The summed E-state index contributed by atoms with van der Waals surface area (Å²) in [6.45, 7) is -0.146. The van der Waals surface area contributed by atoms with Gasteiger partial charge in [-0.3, -0.25) is 4.79 Å². The molecule has 0 saturated carbocycles.